The van der Waals surface area contributed by atoms with E-state index >= 15 is 0 Å². The number of likely N-dealkylation sites (N-methyl/N-ethyl adjacent to an activating group) is 1. The van der Waals surface area contributed by atoms with Crippen LogP contribution >= 0.6 is 11.3 Å². The summed E-state index contributed by atoms with van der Waals surface area (Å²) in [5.74, 6) is -0.102. The molecule has 0 unspecified atom stereocenters. The topological polar surface area (TPSA) is 53.5 Å². The second kappa shape index (κ2) is 4.62. The Kier molecular flexibility index (Phi) is 2.94. The van der Waals surface area contributed by atoms with E-state index in [1.807, 2.05) is 12.1 Å². The number of piperazine rings is 1. The molecule has 5 nitrogen and oxygen atoms in total. The molecule has 2 amide bonds. The Labute approximate surface area is 114 Å². The maximum atomic E-state index is 12.4. The van der Waals surface area contributed by atoms with Crippen LogP contribution in [0.15, 0.2) is 23.7 Å². The molecule has 0 saturated carbocycles. The molecule has 0 spiro atoms. The van der Waals surface area contributed by atoms with Crippen LogP contribution in [0.25, 0.3) is 10.2 Å². The first-order valence-corrected chi connectivity index (χ1v) is 6.89. The van der Waals surface area contributed by atoms with Gasteiger partial charge in [0.25, 0.3) is 5.91 Å². The molecule has 2 aromatic rings. The number of thiazole rings is 1. The Hall–Kier alpha value is -1.95. The van der Waals surface area contributed by atoms with Crippen LogP contribution in [-0.4, -0.2) is 53.3 Å². The largest absolute Gasteiger partial charge is 0.342 e. The fourth-order valence-electron chi connectivity index (χ4n) is 2.10. The molecule has 0 N–H and O–H groups in total. The zero-order chi connectivity index (χ0) is 13.4. The SMILES string of the molecule is CN1CCN(C(=O)c2ccc3ncsc3c2)CC1=O. The van der Waals surface area contributed by atoms with Crippen molar-refractivity contribution in [3.05, 3.63) is 29.3 Å². The molecule has 1 fully saturated rings. The Bertz CT molecular complexity index is 652. The molecular weight excluding hydrogens is 262 g/mol. The molecule has 0 bridgehead atoms. The van der Waals surface area contributed by atoms with Crippen LogP contribution in [0, 0.1) is 0 Å². The maximum absolute atomic E-state index is 12.4. The van der Waals surface area contributed by atoms with Crippen LogP contribution in [0.3, 0.4) is 0 Å². The van der Waals surface area contributed by atoms with E-state index in [0.717, 1.165) is 10.2 Å². The van der Waals surface area contributed by atoms with Gasteiger partial charge >= 0.3 is 0 Å². The van der Waals surface area contributed by atoms with Crippen molar-refractivity contribution < 1.29 is 9.59 Å². The van der Waals surface area contributed by atoms with E-state index in [9.17, 15) is 9.59 Å². The number of hydrogen-bond acceptors (Lipinski definition) is 4. The molecule has 1 aromatic heterocycles. The Morgan fingerprint density at radius 2 is 2.21 bits per heavy atom. The molecule has 2 heterocycles. The lowest BCUT2D eigenvalue weighted by Gasteiger charge is -2.32. The minimum atomic E-state index is -0.0863. The summed E-state index contributed by atoms with van der Waals surface area (Å²) >= 11 is 1.51. The van der Waals surface area contributed by atoms with Gasteiger partial charge in [-0.25, -0.2) is 4.98 Å². The third-order valence-electron chi connectivity index (χ3n) is 3.32. The number of carbonyl (C=O) groups excluding carboxylic acids is 2. The second-order valence-electron chi connectivity index (χ2n) is 4.58. The van der Waals surface area contributed by atoms with E-state index < -0.39 is 0 Å². The number of carbonyl (C=O) groups is 2. The first-order valence-electron chi connectivity index (χ1n) is 6.01. The van der Waals surface area contributed by atoms with Gasteiger partial charge in [0.1, 0.15) is 6.54 Å². The lowest BCUT2D eigenvalue weighted by atomic mass is 10.1. The van der Waals surface area contributed by atoms with E-state index in [-0.39, 0.29) is 18.4 Å². The van der Waals surface area contributed by atoms with Gasteiger partial charge in [-0.05, 0) is 18.2 Å². The lowest BCUT2D eigenvalue weighted by Crippen LogP contribution is -2.50. The van der Waals surface area contributed by atoms with Gasteiger partial charge in [0.2, 0.25) is 5.91 Å². The third-order valence-corrected chi connectivity index (χ3v) is 4.11. The zero-order valence-corrected chi connectivity index (χ0v) is 11.3. The first kappa shape index (κ1) is 12.1. The quantitative estimate of drug-likeness (QED) is 0.786. The van der Waals surface area contributed by atoms with Crippen molar-refractivity contribution in [3.63, 3.8) is 0 Å². The molecule has 19 heavy (non-hydrogen) atoms. The van der Waals surface area contributed by atoms with Crippen LogP contribution in [0.4, 0.5) is 0 Å². The highest BCUT2D eigenvalue weighted by Crippen LogP contribution is 2.20. The molecule has 1 aliphatic rings. The minimum absolute atomic E-state index is 0.0153. The van der Waals surface area contributed by atoms with Crippen LogP contribution < -0.4 is 0 Å². The fourth-order valence-corrected chi connectivity index (χ4v) is 2.82. The van der Waals surface area contributed by atoms with Crippen molar-refractivity contribution in [1.29, 1.82) is 0 Å². The normalized spacial score (nSPS) is 16.2. The predicted molar refractivity (Wildman–Crippen MR) is 73.2 cm³/mol. The van der Waals surface area contributed by atoms with Crippen molar-refractivity contribution in [2.45, 2.75) is 0 Å². The summed E-state index contributed by atoms with van der Waals surface area (Å²) in [7, 11) is 1.76. The highest BCUT2D eigenvalue weighted by molar-refractivity contribution is 7.16. The molecule has 3 rings (SSSR count). The number of hydrogen-bond donors (Lipinski definition) is 0. The molecular formula is C13H13N3O2S. The number of amides is 2. The predicted octanol–water partition coefficient (Wildman–Crippen LogP) is 1.21. The molecule has 0 radical (unpaired) electrons. The summed E-state index contributed by atoms with van der Waals surface area (Å²) < 4.78 is 0.992. The lowest BCUT2D eigenvalue weighted by molar-refractivity contribution is -0.133. The molecule has 1 aromatic carbocycles. The summed E-state index contributed by atoms with van der Waals surface area (Å²) in [5.41, 5.74) is 3.28. The molecule has 1 saturated heterocycles. The number of benzene rings is 1. The van der Waals surface area contributed by atoms with Gasteiger partial charge in [0.15, 0.2) is 0 Å². The average molecular weight is 275 g/mol. The highest BCUT2D eigenvalue weighted by atomic mass is 32.1. The van der Waals surface area contributed by atoms with E-state index in [1.165, 1.54) is 11.3 Å². The highest BCUT2D eigenvalue weighted by Gasteiger charge is 2.25. The van der Waals surface area contributed by atoms with Gasteiger partial charge in [-0.1, -0.05) is 0 Å². The van der Waals surface area contributed by atoms with Gasteiger partial charge in [0.05, 0.1) is 15.7 Å². The van der Waals surface area contributed by atoms with Gasteiger partial charge in [-0.15, -0.1) is 11.3 Å². The average Bonchev–Trinajstić information content (AvgIpc) is 2.88. The van der Waals surface area contributed by atoms with Crippen LogP contribution in [0.5, 0.6) is 0 Å². The van der Waals surface area contributed by atoms with Gasteiger partial charge in [-0.3, -0.25) is 9.59 Å². The van der Waals surface area contributed by atoms with Crippen molar-refractivity contribution in [1.82, 2.24) is 14.8 Å². The number of rotatable bonds is 1. The van der Waals surface area contributed by atoms with Crippen molar-refractivity contribution in [3.8, 4) is 0 Å². The third kappa shape index (κ3) is 2.19. The summed E-state index contributed by atoms with van der Waals surface area (Å²) in [6.45, 7) is 1.34. The Balaban J connectivity index is 1.85. The molecule has 0 atom stereocenters. The van der Waals surface area contributed by atoms with Gasteiger partial charge in [-0.2, -0.15) is 0 Å². The Morgan fingerprint density at radius 1 is 1.37 bits per heavy atom. The summed E-state index contributed by atoms with van der Waals surface area (Å²) in [4.78, 5) is 31.4. The van der Waals surface area contributed by atoms with E-state index in [2.05, 4.69) is 4.98 Å². The van der Waals surface area contributed by atoms with Crippen LogP contribution in [0.2, 0.25) is 0 Å². The molecule has 98 valence electrons. The van der Waals surface area contributed by atoms with Crippen molar-refractivity contribution in [2.75, 3.05) is 26.7 Å². The van der Waals surface area contributed by atoms with Crippen LogP contribution in [0.1, 0.15) is 10.4 Å². The summed E-state index contributed by atoms with van der Waals surface area (Å²) in [5, 5.41) is 0. The van der Waals surface area contributed by atoms with E-state index in [4.69, 9.17) is 0 Å². The maximum Gasteiger partial charge on any atom is 0.254 e. The van der Waals surface area contributed by atoms with Crippen molar-refractivity contribution in [2.24, 2.45) is 0 Å². The van der Waals surface area contributed by atoms with Crippen LogP contribution in [-0.2, 0) is 4.79 Å². The molecule has 6 heteroatoms. The second-order valence-corrected chi connectivity index (χ2v) is 5.46. The summed E-state index contributed by atoms with van der Waals surface area (Å²) in [6.07, 6.45) is 0. The Morgan fingerprint density at radius 3 is 3.00 bits per heavy atom. The number of aromatic nitrogens is 1. The number of nitrogens with zero attached hydrogens (tertiary/aromatic N) is 3. The van der Waals surface area contributed by atoms with E-state index in [1.54, 1.807) is 28.4 Å². The molecule has 1 aliphatic heterocycles. The van der Waals surface area contributed by atoms with Gasteiger partial charge in [0, 0.05) is 25.7 Å². The first-order chi connectivity index (χ1) is 9.15. The smallest absolute Gasteiger partial charge is 0.254 e. The monoisotopic (exact) mass is 275 g/mol. The molecule has 0 aliphatic carbocycles. The van der Waals surface area contributed by atoms with Gasteiger partial charge < -0.3 is 9.80 Å². The summed E-state index contributed by atoms with van der Waals surface area (Å²) in [6, 6.07) is 5.46. The number of fused-ring (bicyclic) bond motifs is 1. The van der Waals surface area contributed by atoms with Crippen molar-refractivity contribution >= 4 is 33.4 Å². The fraction of sp³-hybridized carbons (Fsp3) is 0.308. The standard InChI is InChI=1S/C13H13N3O2S/c1-15-4-5-16(7-12(15)17)13(18)9-2-3-10-11(6-9)19-8-14-10/h2-3,6,8H,4-5,7H2,1H3. The van der Waals surface area contributed by atoms with E-state index in [0.29, 0.717) is 18.7 Å². The zero-order valence-electron chi connectivity index (χ0n) is 10.5. The minimum Gasteiger partial charge on any atom is -0.342 e.